The molecule has 0 fully saturated rings. The average Bonchev–Trinajstić information content (AvgIpc) is 3.31. The number of hydrogen-bond donors (Lipinski definition) is 4. The molecule has 0 saturated heterocycles. The smallest absolute Gasteiger partial charge is 0.870 e. The van der Waals surface area contributed by atoms with Crippen LogP contribution in [0.5, 0.6) is 34.5 Å². The number of carbonyl (C=O) groups excluding carboxylic acids is 2. The molecular formula is C48H47NaO14. The van der Waals surface area contributed by atoms with Crippen LogP contribution in [0.4, 0.5) is 0 Å². The second-order valence-corrected chi connectivity index (χ2v) is 13.1. The molecule has 5 N–H and O–H groups in total. The van der Waals surface area contributed by atoms with Gasteiger partial charge < -0.3 is 48.8 Å². The zero-order valence-electron chi connectivity index (χ0n) is 34.9. The number of phenolic OH excluding ortho intramolecular Hbond substituents is 1. The van der Waals surface area contributed by atoms with E-state index >= 15 is 0 Å². The maximum Gasteiger partial charge on any atom is 1.00 e. The summed E-state index contributed by atoms with van der Waals surface area (Å²) in [7, 11) is 3.07. The maximum absolute atomic E-state index is 12.6. The first-order valence-electron chi connectivity index (χ1n) is 18.9. The van der Waals surface area contributed by atoms with Crippen LogP contribution in [0, 0.1) is 0 Å². The molecule has 6 aromatic carbocycles. The Bertz CT molecular complexity index is 2340. The van der Waals surface area contributed by atoms with Crippen LogP contribution in [0.2, 0.25) is 0 Å². The summed E-state index contributed by atoms with van der Waals surface area (Å²) < 4.78 is 39.0. The van der Waals surface area contributed by atoms with Crippen molar-refractivity contribution >= 4 is 17.6 Å². The summed E-state index contributed by atoms with van der Waals surface area (Å²) in [6.07, 6.45) is 0.913. The molecule has 2 atom stereocenters. The summed E-state index contributed by atoms with van der Waals surface area (Å²) in [4.78, 5) is 24.9. The van der Waals surface area contributed by atoms with Gasteiger partial charge in [-0.15, -0.1) is 0 Å². The van der Waals surface area contributed by atoms with Crippen LogP contribution in [-0.2, 0) is 22.7 Å². The number of aliphatic hydroxyl groups excluding tert-OH is 1. The van der Waals surface area contributed by atoms with Crippen LogP contribution < -0.4 is 53.2 Å². The SMILES string of the molecule is COCOc1cc(/C=C/C(=O)c2ccccc2O)ccc1OCc1ccccc1.COCOc1cc(C2Oc3ccccc3C(=O)C2O)ccc1OCc1ccccc1.OO.[Na+].[OH-]. The summed E-state index contributed by atoms with van der Waals surface area (Å²) in [5, 5.41) is 32.4. The monoisotopic (exact) mass is 870 g/mol. The third-order valence-corrected chi connectivity index (χ3v) is 8.96. The predicted octanol–water partition coefficient (Wildman–Crippen LogP) is 5.62. The molecule has 0 amide bonds. The van der Waals surface area contributed by atoms with Gasteiger partial charge in [-0.3, -0.25) is 20.1 Å². The van der Waals surface area contributed by atoms with Crippen LogP contribution in [0.25, 0.3) is 6.08 Å². The zero-order chi connectivity index (χ0) is 43.4. The number of benzene rings is 6. The van der Waals surface area contributed by atoms with E-state index in [1.165, 1.54) is 19.3 Å². The van der Waals surface area contributed by atoms with Crippen molar-refractivity contribution in [3.8, 4) is 34.5 Å². The molecule has 1 aliphatic heterocycles. The molecule has 1 aliphatic rings. The molecule has 0 aromatic heterocycles. The molecule has 63 heavy (non-hydrogen) atoms. The van der Waals surface area contributed by atoms with Gasteiger partial charge in [-0.2, -0.15) is 0 Å². The fourth-order valence-electron chi connectivity index (χ4n) is 5.97. The van der Waals surface area contributed by atoms with Crippen molar-refractivity contribution < 1.29 is 98.5 Å². The van der Waals surface area contributed by atoms with Gasteiger partial charge in [0.1, 0.15) is 24.7 Å². The Morgan fingerprint density at radius 1 is 0.651 bits per heavy atom. The van der Waals surface area contributed by atoms with Crippen molar-refractivity contribution in [2.24, 2.45) is 0 Å². The first-order valence-corrected chi connectivity index (χ1v) is 18.9. The largest absolute Gasteiger partial charge is 1.00 e. The molecule has 14 nitrogen and oxygen atoms in total. The molecule has 7 rings (SSSR count). The Morgan fingerprint density at radius 3 is 1.76 bits per heavy atom. The standard InChI is InChI=1S/C24H22O6.C24H22O5.Na.H2O2.H2O/c1-27-15-29-21-13-17(11-12-20(21)28-14-16-7-3-2-4-8-16)24-23(26)22(25)18-9-5-6-10-19(18)30-24;1-27-17-29-24-15-18(11-13-22(26)20-9-5-6-10-21(20)25)12-14-23(24)28-16-19-7-3-2-4-8-19;;1-2;/h2-13,23-24,26H,14-15H2,1H3;2-15,25H,16-17H2,1H3;;1-2H;1H2/q;;+1;;/p-1/b;13-11+;;;. The zero-order valence-corrected chi connectivity index (χ0v) is 36.9. The number of para-hydroxylation sites is 2. The van der Waals surface area contributed by atoms with E-state index in [2.05, 4.69) is 0 Å². The number of fused-ring (bicyclic) bond motifs is 1. The Labute approximate surface area is 387 Å². The second kappa shape index (κ2) is 27.1. The predicted molar refractivity (Wildman–Crippen MR) is 228 cm³/mol. The molecule has 1 heterocycles. The number of ether oxygens (including phenoxy) is 7. The fourth-order valence-corrected chi connectivity index (χ4v) is 5.97. The van der Waals surface area contributed by atoms with Crippen molar-refractivity contribution in [2.75, 3.05) is 27.8 Å². The van der Waals surface area contributed by atoms with Crippen molar-refractivity contribution in [3.63, 3.8) is 0 Å². The van der Waals surface area contributed by atoms with E-state index in [9.17, 15) is 19.8 Å². The molecule has 0 aliphatic carbocycles. The number of aromatic hydroxyl groups is 1. The number of hydrogen-bond acceptors (Lipinski definition) is 14. The van der Waals surface area contributed by atoms with Crippen LogP contribution in [0.3, 0.4) is 0 Å². The quantitative estimate of drug-likeness (QED) is 0.0233. The van der Waals surface area contributed by atoms with Gasteiger partial charge in [-0.25, -0.2) is 0 Å². The van der Waals surface area contributed by atoms with Gasteiger partial charge >= 0.3 is 29.6 Å². The first-order chi connectivity index (χ1) is 29.8. The van der Waals surface area contributed by atoms with Crippen molar-refractivity contribution in [1.29, 1.82) is 0 Å². The van der Waals surface area contributed by atoms with Crippen molar-refractivity contribution in [2.45, 2.75) is 25.4 Å². The minimum Gasteiger partial charge on any atom is -0.870 e. The van der Waals surface area contributed by atoms with Crippen LogP contribution in [-0.4, -0.2) is 71.7 Å². The number of phenols is 1. The number of rotatable bonds is 16. The van der Waals surface area contributed by atoms with Crippen molar-refractivity contribution in [1.82, 2.24) is 0 Å². The van der Waals surface area contributed by atoms with Crippen LogP contribution >= 0.6 is 0 Å². The van der Waals surface area contributed by atoms with Gasteiger partial charge in [0.05, 0.1) is 11.1 Å². The van der Waals surface area contributed by atoms with Gasteiger partial charge in [-0.1, -0.05) is 103 Å². The number of ketones is 2. The number of methoxy groups -OCH3 is 2. The Balaban J connectivity index is 0.000000313. The molecule has 15 heteroatoms. The van der Waals surface area contributed by atoms with E-state index in [0.717, 1.165) is 16.7 Å². The third-order valence-electron chi connectivity index (χ3n) is 8.96. The maximum atomic E-state index is 12.6. The van der Waals surface area contributed by atoms with Crippen LogP contribution in [0.1, 0.15) is 49.1 Å². The summed E-state index contributed by atoms with van der Waals surface area (Å²) in [6.45, 7) is 0.885. The summed E-state index contributed by atoms with van der Waals surface area (Å²) >= 11 is 0. The minimum absolute atomic E-state index is 0. The second-order valence-electron chi connectivity index (χ2n) is 13.1. The van der Waals surface area contributed by atoms with Crippen LogP contribution in [0.15, 0.2) is 152 Å². The van der Waals surface area contributed by atoms with E-state index in [1.807, 2.05) is 66.7 Å². The normalized spacial score (nSPS) is 13.5. The van der Waals surface area contributed by atoms with Crippen molar-refractivity contribution in [3.05, 3.63) is 185 Å². The molecule has 0 spiro atoms. The van der Waals surface area contributed by atoms with E-state index in [-0.39, 0.29) is 71.5 Å². The number of aliphatic hydroxyl groups is 1. The Kier molecular flexibility index (Phi) is 22.1. The fraction of sp³-hybridized carbons (Fsp3) is 0.167. The average molecular weight is 871 g/mol. The van der Waals surface area contributed by atoms with Gasteiger partial charge in [-0.05, 0) is 76.9 Å². The van der Waals surface area contributed by atoms with E-state index < -0.39 is 12.2 Å². The molecular weight excluding hydrogens is 824 g/mol. The molecule has 324 valence electrons. The van der Waals surface area contributed by atoms with E-state index in [1.54, 1.807) is 86.0 Å². The summed E-state index contributed by atoms with van der Waals surface area (Å²) in [6, 6.07) is 43.5. The first kappa shape index (κ1) is 51.3. The van der Waals surface area contributed by atoms with Gasteiger partial charge in [0.2, 0.25) is 0 Å². The molecule has 6 aromatic rings. The van der Waals surface area contributed by atoms with Gasteiger partial charge in [0.15, 0.2) is 60.4 Å². The third kappa shape index (κ3) is 14.8. The van der Waals surface area contributed by atoms with Gasteiger partial charge in [0, 0.05) is 14.2 Å². The molecule has 0 saturated carbocycles. The summed E-state index contributed by atoms with van der Waals surface area (Å²) in [5.41, 5.74) is 4.05. The summed E-state index contributed by atoms with van der Waals surface area (Å²) in [5.74, 6) is 1.80. The molecule has 2 unspecified atom stereocenters. The Hall–Kier alpha value is -6.04. The number of allylic oxidation sites excluding steroid dienone is 1. The molecule has 0 radical (unpaired) electrons. The topological polar surface area (TPSA) is 210 Å². The molecule has 0 bridgehead atoms. The van der Waals surface area contributed by atoms with E-state index in [4.69, 9.17) is 43.7 Å². The Morgan fingerprint density at radius 2 is 1.17 bits per heavy atom. The number of carbonyl (C=O) groups is 2. The van der Waals surface area contributed by atoms with Gasteiger partial charge in [0.25, 0.3) is 0 Å². The minimum atomic E-state index is -1.31. The number of Topliss-reactive ketones (excluding diaryl/α,β-unsaturated/α-hetero) is 1. The van der Waals surface area contributed by atoms with E-state index in [0.29, 0.717) is 53.1 Å².